The molecule has 3 rings (SSSR count). The molecule has 1 fully saturated rings. The van der Waals surface area contributed by atoms with Crippen LogP contribution in [-0.4, -0.2) is 32.4 Å². The monoisotopic (exact) mass is 339 g/mol. The summed E-state index contributed by atoms with van der Waals surface area (Å²) in [7, 11) is 0.0761. The van der Waals surface area contributed by atoms with Crippen molar-refractivity contribution in [1.82, 2.24) is 5.32 Å². The first kappa shape index (κ1) is 17.4. The molecule has 2 aromatic carbocycles. The molecule has 128 valence electrons. The van der Waals surface area contributed by atoms with Crippen molar-refractivity contribution in [2.45, 2.75) is 44.0 Å². The van der Waals surface area contributed by atoms with Gasteiger partial charge in [-0.25, -0.2) is 0 Å². The first-order valence-corrected chi connectivity index (χ1v) is 11.8. The van der Waals surface area contributed by atoms with Crippen molar-refractivity contribution in [2.75, 3.05) is 7.05 Å². The highest BCUT2D eigenvalue weighted by Gasteiger charge is 2.39. The fraction of sp³-hybridized carbons (Fsp3) is 0.429. The molecule has 2 aromatic rings. The number of hydrogen-bond donors (Lipinski definition) is 2. The molecule has 3 atom stereocenters. The molecule has 2 N–H and O–H groups in total. The van der Waals surface area contributed by atoms with Gasteiger partial charge in [-0.15, -0.1) is 0 Å². The summed E-state index contributed by atoms with van der Waals surface area (Å²) in [5.74, 6) is 0.384. The van der Waals surface area contributed by atoms with E-state index in [4.69, 9.17) is 0 Å². The van der Waals surface area contributed by atoms with Gasteiger partial charge in [0.15, 0.2) is 0 Å². The smallest absolute Gasteiger partial charge is 0.117 e. The van der Waals surface area contributed by atoms with Crippen molar-refractivity contribution < 1.29 is 5.11 Å². The molecule has 0 amide bonds. The van der Waals surface area contributed by atoms with Gasteiger partial charge in [-0.2, -0.15) is 0 Å². The third-order valence-electron chi connectivity index (χ3n) is 5.87. The molecule has 1 aliphatic carbocycles. The zero-order valence-electron chi connectivity index (χ0n) is 14.8. The minimum absolute atomic E-state index is 0.234. The number of rotatable bonds is 6. The summed E-state index contributed by atoms with van der Waals surface area (Å²) in [6.07, 6.45) is 3.32. The van der Waals surface area contributed by atoms with Gasteiger partial charge in [0.1, 0.15) is 8.07 Å². The molecule has 0 aromatic heterocycles. The normalized spacial score (nSPS) is 22.5. The van der Waals surface area contributed by atoms with Crippen molar-refractivity contribution in [3.05, 3.63) is 60.7 Å². The first-order chi connectivity index (χ1) is 11.6. The van der Waals surface area contributed by atoms with Gasteiger partial charge >= 0.3 is 0 Å². The first-order valence-electron chi connectivity index (χ1n) is 9.11. The van der Waals surface area contributed by atoms with Crippen molar-refractivity contribution in [2.24, 2.45) is 5.92 Å². The van der Waals surface area contributed by atoms with Crippen LogP contribution in [0.1, 0.15) is 19.3 Å². The van der Waals surface area contributed by atoms with E-state index < -0.39 is 8.07 Å². The van der Waals surface area contributed by atoms with Crippen LogP contribution < -0.4 is 15.7 Å². The predicted octanol–water partition coefficient (Wildman–Crippen LogP) is 2.63. The van der Waals surface area contributed by atoms with E-state index >= 15 is 0 Å². The van der Waals surface area contributed by atoms with Gasteiger partial charge in [0.2, 0.25) is 0 Å². The van der Waals surface area contributed by atoms with Crippen LogP contribution in [0, 0.1) is 5.92 Å². The van der Waals surface area contributed by atoms with E-state index in [1.165, 1.54) is 23.2 Å². The molecule has 0 aliphatic heterocycles. The van der Waals surface area contributed by atoms with E-state index in [0.29, 0.717) is 12.0 Å². The van der Waals surface area contributed by atoms with Crippen molar-refractivity contribution in [3.8, 4) is 0 Å². The predicted molar refractivity (Wildman–Crippen MR) is 105 cm³/mol. The lowest BCUT2D eigenvalue weighted by Gasteiger charge is -2.34. The molecule has 0 bridgehead atoms. The van der Waals surface area contributed by atoms with Crippen LogP contribution >= 0.6 is 0 Å². The van der Waals surface area contributed by atoms with Crippen molar-refractivity contribution >= 4 is 18.4 Å². The highest BCUT2D eigenvalue weighted by atomic mass is 28.3. The van der Waals surface area contributed by atoms with E-state index in [2.05, 4.69) is 72.5 Å². The quantitative estimate of drug-likeness (QED) is 0.793. The Labute approximate surface area is 146 Å². The number of hydrogen-bond acceptors (Lipinski definition) is 2. The van der Waals surface area contributed by atoms with Crippen molar-refractivity contribution in [1.29, 1.82) is 0 Å². The van der Waals surface area contributed by atoms with Crippen LogP contribution in [0.2, 0.25) is 12.6 Å². The fourth-order valence-corrected chi connectivity index (χ4v) is 8.19. The summed E-state index contributed by atoms with van der Waals surface area (Å²) in [6.45, 7) is 2.41. The lowest BCUT2D eigenvalue weighted by Crippen LogP contribution is -2.58. The highest BCUT2D eigenvalue weighted by molar-refractivity contribution is 7.01. The number of nitrogens with one attached hydrogen (secondary N) is 1. The summed E-state index contributed by atoms with van der Waals surface area (Å²) in [5.41, 5.74) is 0. The van der Waals surface area contributed by atoms with Gasteiger partial charge in [0.05, 0.1) is 6.10 Å². The molecule has 0 radical (unpaired) electrons. The molecule has 0 heterocycles. The standard InChI is InChI=1S/C21H29NOSi/c1-22-20-15-9-14-19(20)21(23)16-24(2,17-10-5-3-6-11-17)18-12-7-4-8-13-18/h3-8,10-13,19-23H,9,14-16H2,1-2H3/t19-,20+,21-/m1/s1. The Morgan fingerprint density at radius 2 is 1.54 bits per heavy atom. The highest BCUT2D eigenvalue weighted by Crippen LogP contribution is 2.31. The Morgan fingerprint density at radius 1 is 1.00 bits per heavy atom. The second kappa shape index (κ2) is 7.64. The third-order valence-corrected chi connectivity index (χ3v) is 10.3. The molecule has 0 saturated heterocycles. The minimum Gasteiger partial charge on any atom is -0.393 e. The van der Waals surface area contributed by atoms with E-state index in [9.17, 15) is 5.11 Å². The van der Waals surface area contributed by atoms with E-state index in [-0.39, 0.29) is 6.10 Å². The SMILES string of the molecule is CN[C@H]1CCC[C@H]1[C@H](O)C[Si](C)(c1ccccc1)c1ccccc1. The topological polar surface area (TPSA) is 32.3 Å². The Bertz CT molecular complexity index is 591. The molecular weight excluding hydrogens is 310 g/mol. The summed E-state index contributed by atoms with van der Waals surface area (Å²) < 4.78 is 0. The zero-order chi connectivity index (χ0) is 17.0. The van der Waals surface area contributed by atoms with E-state index in [1.54, 1.807) is 0 Å². The van der Waals surface area contributed by atoms with Crippen LogP contribution in [0.3, 0.4) is 0 Å². The van der Waals surface area contributed by atoms with Crippen LogP contribution in [0.5, 0.6) is 0 Å². The molecule has 1 saturated carbocycles. The Kier molecular flexibility index (Phi) is 5.54. The Hall–Kier alpha value is -1.42. The number of aliphatic hydroxyl groups excluding tert-OH is 1. The summed E-state index contributed by atoms with van der Waals surface area (Å²) in [4.78, 5) is 0. The third kappa shape index (κ3) is 3.48. The molecule has 0 spiro atoms. The maximum absolute atomic E-state index is 11.1. The van der Waals surface area contributed by atoms with Gasteiger partial charge in [-0.05, 0) is 31.9 Å². The number of aliphatic hydroxyl groups is 1. The lowest BCUT2D eigenvalue weighted by atomic mass is 9.98. The summed E-state index contributed by atoms with van der Waals surface area (Å²) in [6, 6.07) is 23.0. The van der Waals surface area contributed by atoms with Gasteiger partial charge in [0, 0.05) is 6.04 Å². The fourth-order valence-electron chi connectivity index (χ4n) is 4.39. The van der Waals surface area contributed by atoms with E-state index in [0.717, 1.165) is 12.5 Å². The largest absolute Gasteiger partial charge is 0.393 e. The number of benzene rings is 2. The Morgan fingerprint density at radius 3 is 2.04 bits per heavy atom. The van der Waals surface area contributed by atoms with E-state index in [1.807, 2.05) is 7.05 Å². The van der Waals surface area contributed by atoms with Crippen LogP contribution in [0.4, 0.5) is 0 Å². The second-order valence-electron chi connectivity index (χ2n) is 7.33. The van der Waals surface area contributed by atoms with Crippen LogP contribution in [-0.2, 0) is 0 Å². The average Bonchev–Trinajstić information content (AvgIpc) is 3.12. The lowest BCUT2D eigenvalue weighted by molar-refractivity contribution is 0.113. The molecule has 3 heteroatoms. The second-order valence-corrected chi connectivity index (χ2v) is 11.6. The van der Waals surface area contributed by atoms with Gasteiger partial charge in [0.25, 0.3) is 0 Å². The minimum atomic E-state index is -1.95. The average molecular weight is 340 g/mol. The maximum Gasteiger partial charge on any atom is 0.117 e. The summed E-state index contributed by atoms with van der Waals surface area (Å²) in [5, 5.41) is 17.3. The van der Waals surface area contributed by atoms with Crippen LogP contribution in [0.25, 0.3) is 0 Å². The van der Waals surface area contributed by atoms with Gasteiger partial charge in [-0.3, -0.25) is 0 Å². The molecule has 0 unspecified atom stereocenters. The maximum atomic E-state index is 11.1. The van der Waals surface area contributed by atoms with Gasteiger partial charge < -0.3 is 10.4 Å². The van der Waals surface area contributed by atoms with Crippen LogP contribution in [0.15, 0.2) is 60.7 Å². The Balaban J connectivity index is 1.91. The van der Waals surface area contributed by atoms with Gasteiger partial charge in [-0.1, -0.05) is 84.0 Å². The summed E-state index contributed by atoms with van der Waals surface area (Å²) >= 11 is 0. The molecular formula is C21H29NOSi. The molecule has 1 aliphatic rings. The zero-order valence-corrected chi connectivity index (χ0v) is 15.8. The van der Waals surface area contributed by atoms with Crippen molar-refractivity contribution in [3.63, 3.8) is 0 Å². The molecule has 2 nitrogen and oxygen atoms in total. The molecule has 24 heavy (non-hydrogen) atoms.